The second-order valence-electron chi connectivity index (χ2n) is 4.86. The molecule has 3 unspecified atom stereocenters. The van der Waals surface area contributed by atoms with Crippen molar-refractivity contribution in [3.05, 3.63) is 0 Å². The van der Waals surface area contributed by atoms with Crippen LogP contribution in [0, 0.1) is 5.92 Å². The lowest BCUT2D eigenvalue weighted by Crippen LogP contribution is -2.64. The molecule has 2 aliphatic rings. The summed E-state index contributed by atoms with van der Waals surface area (Å²) in [6.07, 6.45) is 6.22. The highest BCUT2D eigenvalue weighted by Gasteiger charge is 2.38. The van der Waals surface area contributed by atoms with Crippen LogP contribution in [0.1, 0.15) is 39.0 Å². The van der Waals surface area contributed by atoms with E-state index in [0.29, 0.717) is 6.04 Å². The van der Waals surface area contributed by atoms with Crippen molar-refractivity contribution in [3.8, 4) is 0 Å². The van der Waals surface area contributed by atoms with E-state index in [1.807, 2.05) is 4.90 Å². The van der Waals surface area contributed by atoms with Gasteiger partial charge in [0.1, 0.15) is 6.04 Å². The van der Waals surface area contributed by atoms with Crippen molar-refractivity contribution in [1.82, 2.24) is 4.90 Å². The maximum absolute atomic E-state index is 11.5. The Bertz CT molecular complexity index is 229. The fourth-order valence-corrected chi connectivity index (χ4v) is 2.59. The van der Waals surface area contributed by atoms with E-state index in [-0.39, 0.29) is 11.9 Å². The van der Waals surface area contributed by atoms with Crippen LogP contribution in [0.4, 0.5) is 0 Å². The molecule has 1 saturated carbocycles. The molecule has 2 fully saturated rings. The molecule has 1 saturated heterocycles. The van der Waals surface area contributed by atoms with Gasteiger partial charge in [-0.15, -0.1) is 0 Å². The van der Waals surface area contributed by atoms with Crippen LogP contribution in [-0.2, 0) is 4.79 Å². The Morgan fingerprint density at radius 1 is 1.29 bits per heavy atom. The second-order valence-corrected chi connectivity index (χ2v) is 4.86. The smallest absolute Gasteiger partial charge is 0.241 e. The fourth-order valence-electron chi connectivity index (χ4n) is 2.59. The first-order valence-corrected chi connectivity index (χ1v) is 5.74. The molecular formula is C11H20N2O. The van der Waals surface area contributed by atoms with Gasteiger partial charge in [0.25, 0.3) is 0 Å². The number of nitrogens with two attached hydrogens (primary N) is 1. The second kappa shape index (κ2) is 3.89. The molecule has 0 spiro atoms. The molecule has 3 nitrogen and oxygen atoms in total. The molecular weight excluding hydrogens is 176 g/mol. The molecule has 0 bridgehead atoms. The molecule has 2 N–H and O–H groups in total. The van der Waals surface area contributed by atoms with Crippen LogP contribution in [0.3, 0.4) is 0 Å². The largest absolute Gasteiger partial charge is 0.336 e. The summed E-state index contributed by atoms with van der Waals surface area (Å²) in [5, 5.41) is 0. The third kappa shape index (κ3) is 1.78. The van der Waals surface area contributed by atoms with Crippen LogP contribution < -0.4 is 5.73 Å². The first-order valence-electron chi connectivity index (χ1n) is 5.74. The summed E-state index contributed by atoms with van der Waals surface area (Å²) in [5.41, 5.74) is 5.59. The van der Waals surface area contributed by atoms with Crippen molar-refractivity contribution in [2.75, 3.05) is 6.54 Å². The predicted octanol–water partition coefficient (Wildman–Crippen LogP) is 1.12. The highest BCUT2D eigenvalue weighted by Crippen LogP contribution is 2.28. The molecule has 0 aromatic heterocycles. The third-order valence-corrected chi connectivity index (χ3v) is 3.66. The Balaban J connectivity index is 1.89. The standard InChI is InChI=1S/C11H20N2O/c1-8-3-2-4-9(6-5-8)13-7-10(12)11(13)14/h8-10H,2-7,12H2,1H3. The highest BCUT2D eigenvalue weighted by atomic mass is 16.2. The maximum atomic E-state index is 11.5. The van der Waals surface area contributed by atoms with E-state index in [2.05, 4.69) is 6.92 Å². The average Bonchev–Trinajstić information content (AvgIpc) is 2.39. The molecule has 80 valence electrons. The van der Waals surface area contributed by atoms with Crippen molar-refractivity contribution in [2.45, 2.75) is 51.1 Å². The van der Waals surface area contributed by atoms with Crippen LogP contribution in [0.25, 0.3) is 0 Å². The Morgan fingerprint density at radius 3 is 2.71 bits per heavy atom. The van der Waals surface area contributed by atoms with Gasteiger partial charge in [-0.3, -0.25) is 4.79 Å². The number of likely N-dealkylation sites (tertiary alicyclic amines) is 1. The number of carbonyl (C=O) groups is 1. The maximum Gasteiger partial charge on any atom is 0.241 e. The summed E-state index contributed by atoms with van der Waals surface area (Å²) >= 11 is 0. The summed E-state index contributed by atoms with van der Waals surface area (Å²) in [6.45, 7) is 3.10. The van der Waals surface area contributed by atoms with Crippen LogP contribution in [0.5, 0.6) is 0 Å². The van der Waals surface area contributed by atoms with Gasteiger partial charge in [0, 0.05) is 12.6 Å². The van der Waals surface area contributed by atoms with Gasteiger partial charge in [-0.2, -0.15) is 0 Å². The monoisotopic (exact) mass is 196 g/mol. The SMILES string of the molecule is CC1CCCC(N2CC(N)C2=O)CC1. The summed E-state index contributed by atoms with van der Waals surface area (Å²) in [5.74, 6) is 1.01. The van der Waals surface area contributed by atoms with Gasteiger partial charge in [-0.05, 0) is 25.2 Å². The number of β-lactam (4-membered cyclic amide) rings is 1. The zero-order valence-electron chi connectivity index (χ0n) is 8.91. The summed E-state index contributed by atoms with van der Waals surface area (Å²) in [6, 6.07) is 0.294. The molecule has 1 heterocycles. The van der Waals surface area contributed by atoms with E-state index >= 15 is 0 Å². The molecule has 0 aromatic rings. The zero-order valence-corrected chi connectivity index (χ0v) is 8.91. The van der Waals surface area contributed by atoms with Gasteiger partial charge in [0.15, 0.2) is 0 Å². The molecule has 3 atom stereocenters. The number of carbonyl (C=O) groups excluding carboxylic acids is 1. The van der Waals surface area contributed by atoms with Crippen LogP contribution in [0.15, 0.2) is 0 Å². The van der Waals surface area contributed by atoms with Gasteiger partial charge >= 0.3 is 0 Å². The van der Waals surface area contributed by atoms with Gasteiger partial charge in [0.05, 0.1) is 0 Å². The van der Waals surface area contributed by atoms with Gasteiger partial charge in [-0.25, -0.2) is 0 Å². The molecule has 1 aliphatic carbocycles. The summed E-state index contributed by atoms with van der Waals surface area (Å²) < 4.78 is 0. The molecule has 14 heavy (non-hydrogen) atoms. The van der Waals surface area contributed by atoms with Crippen LogP contribution in [-0.4, -0.2) is 29.4 Å². The minimum atomic E-state index is -0.198. The topological polar surface area (TPSA) is 46.3 Å². The minimum absolute atomic E-state index is 0.171. The normalized spacial score (nSPS) is 39.1. The minimum Gasteiger partial charge on any atom is -0.336 e. The van der Waals surface area contributed by atoms with Crippen molar-refractivity contribution in [2.24, 2.45) is 11.7 Å². The number of hydrogen-bond donors (Lipinski definition) is 1. The number of nitrogens with zero attached hydrogens (tertiary/aromatic N) is 1. The van der Waals surface area contributed by atoms with Crippen molar-refractivity contribution < 1.29 is 4.79 Å². The molecule has 0 radical (unpaired) electrons. The zero-order chi connectivity index (χ0) is 10.1. The van der Waals surface area contributed by atoms with E-state index in [4.69, 9.17) is 5.73 Å². The average molecular weight is 196 g/mol. The molecule has 3 heteroatoms. The lowest BCUT2D eigenvalue weighted by atomic mass is 9.99. The van der Waals surface area contributed by atoms with Crippen molar-refractivity contribution >= 4 is 5.91 Å². The van der Waals surface area contributed by atoms with E-state index in [1.54, 1.807) is 0 Å². The Kier molecular flexibility index (Phi) is 2.77. The quantitative estimate of drug-likeness (QED) is 0.504. The highest BCUT2D eigenvalue weighted by molar-refractivity contribution is 5.87. The summed E-state index contributed by atoms with van der Waals surface area (Å²) in [4.78, 5) is 13.4. The number of hydrogen-bond acceptors (Lipinski definition) is 2. The molecule has 0 aromatic carbocycles. The molecule has 1 aliphatic heterocycles. The lowest BCUT2D eigenvalue weighted by molar-refractivity contribution is -0.146. The lowest BCUT2D eigenvalue weighted by Gasteiger charge is -2.42. The number of amides is 1. The number of rotatable bonds is 1. The fraction of sp³-hybridized carbons (Fsp3) is 0.909. The third-order valence-electron chi connectivity index (χ3n) is 3.66. The van der Waals surface area contributed by atoms with Crippen LogP contribution in [0.2, 0.25) is 0 Å². The summed E-state index contributed by atoms with van der Waals surface area (Å²) in [7, 11) is 0. The Hall–Kier alpha value is -0.570. The van der Waals surface area contributed by atoms with E-state index in [0.717, 1.165) is 12.5 Å². The van der Waals surface area contributed by atoms with E-state index in [9.17, 15) is 4.79 Å². The van der Waals surface area contributed by atoms with Gasteiger partial charge in [0.2, 0.25) is 5.91 Å². The van der Waals surface area contributed by atoms with Crippen molar-refractivity contribution in [3.63, 3.8) is 0 Å². The van der Waals surface area contributed by atoms with Gasteiger partial charge < -0.3 is 10.6 Å². The molecule has 1 amide bonds. The van der Waals surface area contributed by atoms with Crippen LogP contribution >= 0.6 is 0 Å². The van der Waals surface area contributed by atoms with Gasteiger partial charge in [-0.1, -0.05) is 19.8 Å². The van der Waals surface area contributed by atoms with E-state index < -0.39 is 0 Å². The Labute approximate surface area is 85.6 Å². The molecule has 2 rings (SSSR count). The van der Waals surface area contributed by atoms with Crippen molar-refractivity contribution in [1.29, 1.82) is 0 Å². The first-order chi connectivity index (χ1) is 6.68. The van der Waals surface area contributed by atoms with E-state index in [1.165, 1.54) is 32.1 Å². The Morgan fingerprint density at radius 2 is 2.07 bits per heavy atom. The predicted molar refractivity (Wildman–Crippen MR) is 55.7 cm³/mol. The first kappa shape index (κ1) is 9.97.